The van der Waals surface area contributed by atoms with Gasteiger partial charge in [0.2, 0.25) is 11.8 Å². The topological polar surface area (TPSA) is 183 Å². The standard InChI is InChI=1S/C23H30F3N5O7/c24-23(25,26)16-7-27-8-17(31-16)29-14-9-38-15(22(37)21(14)36)6-19(33)30-13-4-10-3-11(5-12(10)13)28-18(32)1-2-20(34)35/h7-8,10-15,21-22,36-37H,1-6,9H2,(H,28,32)(H,29,31)(H,30,33)(H,34,35)/t10?,11?,12?,13-,14-,15+,21+,22?/m0/s1. The third-order valence-corrected chi connectivity index (χ3v) is 7.38. The highest BCUT2D eigenvalue weighted by molar-refractivity contribution is 5.80. The predicted octanol–water partition coefficient (Wildman–Crippen LogP) is 0.0509. The number of amides is 2. The molecule has 1 aromatic heterocycles. The Hall–Kier alpha value is -3.04. The van der Waals surface area contributed by atoms with E-state index in [1.807, 2.05) is 0 Å². The first-order valence-corrected chi connectivity index (χ1v) is 12.3. The van der Waals surface area contributed by atoms with Gasteiger partial charge in [-0.25, -0.2) is 4.98 Å². The van der Waals surface area contributed by atoms with Crippen molar-refractivity contribution < 1.29 is 47.6 Å². The fourth-order valence-corrected chi connectivity index (χ4v) is 5.43. The summed E-state index contributed by atoms with van der Waals surface area (Å²) in [4.78, 5) is 42.0. The Balaban J connectivity index is 1.21. The molecule has 2 amide bonds. The van der Waals surface area contributed by atoms with Gasteiger partial charge in [-0.1, -0.05) is 0 Å². The number of aliphatic hydroxyl groups is 2. The molecule has 3 fully saturated rings. The van der Waals surface area contributed by atoms with Gasteiger partial charge in [-0.3, -0.25) is 19.4 Å². The summed E-state index contributed by atoms with van der Waals surface area (Å²) >= 11 is 0. The molecule has 6 N–H and O–H groups in total. The van der Waals surface area contributed by atoms with Crippen LogP contribution in [0.5, 0.6) is 0 Å². The number of rotatable bonds is 9. The first-order chi connectivity index (χ1) is 17.9. The van der Waals surface area contributed by atoms with Crippen molar-refractivity contribution in [3.05, 3.63) is 18.1 Å². The van der Waals surface area contributed by atoms with Crippen molar-refractivity contribution in [1.29, 1.82) is 0 Å². The summed E-state index contributed by atoms with van der Waals surface area (Å²) < 4.78 is 44.1. The van der Waals surface area contributed by atoms with Crippen molar-refractivity contribution in [1.82, 2.24) is 20.6 Å². The van der Waals surface area contributed by atoms with Crippen molar-refractivity contribution in [2.75, 3.05) is 11.9 Å². The number of nitrogens with zero attached hydrogens (tertiary/aromatic N) is 2. The fraction of sp³-hybridized carbons (Fsp3) is 0.696. The number of carboxylic acid groups (broad SMARTS) is 1. The highest BCUT2D eigenvalue weighted by Gasteiger charge is 2.49. The maximum absolute atomic E-state index is 12.9. The van der Waals surface area contributed by atoms with Crippen molar-refractivity contribution in [2.24, 2.45) is 11.8 Å². The van der Waals surface area contributed by atoms with Crippen molar-refractivity contribution in [3.8, 4) is 0 Å². The van der Waals surface area contributed by atoms with Gasteiger partial charge in [-0.05, 0) is 31.1 Å². The van der Waals surface area contributed by atoms with Gasteiger partial charge in [0.25, 0.3) is 0 Å². The Morgan fingerprint density at radius 3 is 2.47 bits per heavy atom. The number of hydrogen-bond donors (Lipinski definition) is 6. The summed E-state index contributed by atoms with van der Waals surface area (Å²) in [6.07, 6.45) is -5.38. The SMILES string of the molecule is O=C(O)CCC(=O)NC1CC2C[C@H](NC(=O)C[C@H]3OC[C@H](Nc4cncc(C(F)(F)F)n4)[C@@H](O)C3O)C2C1. The number of aliphatic carboxylic acids is 1. The summed E-state index contributed by atoms with van der Waals surface area (Å²) in [5.41, 5.74) is -1.21. The molecule has 2 heterocycles. The Morgan fingerprint density at radius 2 is 1.76 bits per heavy atom. The second-order valence-electron chi connectivity index (χ2n) is 10.1. The molecule has 210 valence electrons. The average molecular weight is 546 g/mol. The van der Waals surface area contributed by atoms with E-state index in [0.717, 1.165) is 19.0 Å². The number of aromatic nitrogens is 2. The van der Waals surface area contributed by atoms with E-state index >= 15 is 0 Å². The minimum atomic E-state index is -4.69. The minimum absolute atomic E-state index is 0.0715. The van der Waals surface area contributed by atoms with Gasteiger partial charge in [0.05, 0.1) is 44.0 Å². The average Bonchev–Trinajstić information content (AvgIpc) is 3.16. The molecule has 0 bridgehead atoms. The van der Waals surface area contributed by atoms with Crippen LogP contribution in [0.2, 0.25) is 0 Å². The van der Waals surface area contributed by atoms with Crippen LogP contribution in [-0.2, 0) is 25.3 Å². The summed E-state index contributed by atoms with van der Waals surface area (Å²) in [5, 5.41) is 38.0. The van der Waals surface area contributed by atoms with Crippen molar-refractivity contribution >= 4 is 23.6 Å². The Morgan fingerprint density at radius 1 is 1.00 bits per heavy atom. The molecule has 8 atom stereocenters. The molecule has 12 nitrogen and oxygen atoms in total. The summed E-state index contributed by atoms with van der Waals surface area (Å²) in [6, 6.07) is -1.15. The number of hydrogen-bond acceptors (Lipinski definition) is 9. The van der Waals surface area contributed by atoms with Crippen LogP contribution in [0.3, 0.4) is 0 Å². The number of ether oxygens (including phenoxy) is 1. The van der Waals surface area contributed by atoms with E-state index in [1.165, 1.54) is 0 Å². The quantitative estimate of drug-likeness (QED) is 0.248. The second kappa shape index (κ2) is 11.4. The number of alkyl halides is 3. The molecule has 2 aliphatic carbocycles. The second-order valence-corrected chi connectivity index (χ2v) is 10.1. The van der Waals surface area contributed by atoms with E-state index in [2.05, 4.69) is 25.9 Å². The number of carbonyl (C=O) groups is 3. The summed E-state index contributed by atoms with van der Waals surface area (Å²) in [5.74, 6) is -1.46. The zero-order valence-electron chi connectivity index (χ0n) is 20.2. The van der Waals surface area contributed by atoms with Crippen LogP contribution in [-0.4, -0.2) is 86.1 Å². The summed E-state index contributed by atoms with van der Waals surface area (Å²) in [6.45, 7) is -0.189. The molecule has 0 aromatic carbocycles. The van der Waals surface area contributed by atoms with Crippen molar-refractivity contribution in [2.45, 2.75) is 81.1 Å². The molecule has 0 radical (unpaired) electrons. The van der Waals surface area contributed by atoms with Crippen LogP contribution in [0.25, 0.3) is 0 Å². The fourth-order valence-electron chi connectivity index (χ4n) is 5.43. The van der Waals surface area contributed by atoms with Crippen LogP contribution in [0, 0.1) is 11.8 Å². The largest absolute Gasteiger partial charge is 0.481 e. The van der Waals surface area contributed by atoms with E-state index in [-0.39, 0.29) is 61.5 Å². The molecular formula is C23H30F3N5O7. The lowest BCUT2D eigenvalue weighted by molar-refractivity contribution is -0.152. The summed E-state index contributed by atoms with van der Waals surface area (Å²) in [7, 11) is 0. The van der Waals surface area contributed by atoms with Crippen LogP contribution < -0.4 is 16.0 Å². The third kappa shape index (κ3) is 6.69. The van der Waals surface area contributed by atoms with E-state index in [1.54, 1.807) is 0 Å². The molecule has 4 rings (SSSR count). The zero-order valence-corrected chi connectivity index (χ0v) is 20.2. The molecule has 0 spiro atoms. The Bertz CT molecular complexity index is 1040. The molecule has 15 heteroatoms. The van der Waals surface area contributed by atoms with Gasteiger partial charge < -0.3 is 36.0 Å². The van der Waals surface area contributed by atoms with Crippen LogP contribution in [0.15, 0.2) is 12.4 Å². The molecule has 1 saturated heterocycles. The van der Waals surface area contributed by atoms with E-state index in [9.17, 15) is 37.8 Å². The van der Waals surface area contributed by atoms with Crippen LogP contribution >= 0.6 is 0 Å². The number of halogens is 3. The molecule has 4 unspecified atom stereocenters. The maximum atomic E-state index is 12.9. The monoisotopic (exact) mass is 545 g/mol. The number of carbonyl (C=O) groups excluding carboxylic acids is 2. The molecule has 2 saturated carbocycles. The molecule has 3 aliphatic rings. The van der Waals surface area contributed by atoms with Gasteiger partial charge >= 0.3 is 12.1 Å². The van der Waals surface area contributed by atoms with Gasteiger partial charge in [0.1, 0.15) is 18.0 Å². The van der Waals surface area contributed by atoms with Gasteiger partial charge in [-0.15, -0.1) is 0 Å². The normalized spacial score (nSPS) is 32.6. The van der Waals surface area contributed by atoms with Crippen LogP contribution in [0.1, 0.15) is 44.2 Å². The molecule has 38 heavy (non-hydrogen) atoms. The van der Waals surface area contributed by atoms with Gasteiger partial charge in [0, 0.05) is 18.5 Å². The Labute approximate surface area is 215 Å². The molecular weight excluding hydrogens is 515 g/mol. The molecule has 1 aliphatic heterocycles. The maximum Gasteiger partial charge on any atom is 0.434 e. The number of anilines is 1. The highest BCUT2D eigenvalue weighted by Crippen LogP contribution is 2.47. The highest BCUT2D eigenvalue weighted by atomic mass is 19.4. The number of aliphatic hydroxyl groups excluding tert-OH is 2. The first-order valence-electron chi connectivity index (χ1n) is 12.3. The third-order valence-electron chi connectivity index (χ3n) is 7.38. The lowest BCUT2D eigenvalue weighted by atomic mass is 9.71. The van der Waals surface area contributed by atoms with E-state index in [0.29, 0.717) is 18.5 Å². The predicted molar refractivity (Wildman–Crippen MR) is 122 cm³/mol. The lowest BCUT2D eigenvalue weighted by Crippen LogP contribution is -2.57. The number of fused-ring (bicyclic) bond motifs is 1. The number of carboxylic acids is 1. The van der Waals surface area contributed by atoms with Crippen molar-refractivity contribution in [3.63, 3.8) is 0 Å². The van der Waals surface area contributed by atoms with E-state index in [4.69, 9.17) is 9.84 Å². The lowest BCUT2D eigenvalue weighted by Gasteiger charge is -2.41. The van der Waals surface area contributed by atoms with Gasteiger partial charge in [0.15, 0.2) is 5.69 Å². The smallest absolute Gasteiger partial charge is 0.434 e. The Kier molecular flexibility index (Phi) is 8.37. The van der Waals surface area contributed by atoms with Gasteiger partial charge in [-0.2, -0.15) is 13.2 Å². The zero-order chi connectivity index (χ0) is 27.6. The number of nitrogens with one attached hydrogen (secondary N) is 3. The minimum Gasteiger partial charge on any atom is -0.481 e. The molecule has 1 aromatic rings. The van der Waals surface area contributed by atoms with Crippen LogP contribution in [0.4, 0.5) is 19.0 Å². The van der Waals surface area contributed by atoms with E-state index < -0.39 is 42.2 Å². The first kappa shape index (κ1) is 28.0.